The van der Waals surface area contributed by atoms with Crippen molar-refractivity contribution in [1.29, 1.82) is 0 Å². The average molecular weight is 646 g/mol. The number of likely N-dealkylation sites (N-methyl/N-ethyl adjacent to an activating group) is 1. The third-order valence-electron chi connectivity index (χ3n) is 7.72. The molecule has 0 aliphatic rings. The smallest absolute Gasteiger partial charge is 0.391 e. The summed E-state index contributed by atoms with van der Waals surface area (Å²) in [6, 6.07) is -0.784. The van der Waals surface area contributed by atoms with Gasteiger partial charge in [-0.15, -0.1) is 0 Å². The highest BCUT2D eigenvalue weighted by molar-refractivity contribution is 7.47. The number of unbranched alkanes of at least 4 members (excludes halogenated alkanes) is 14. The Morgan fingerprint density at radius 3 is 1.86 bits per heavy atom. The fraction of sp³-hybridized carbons (Fsp3) is 0.857. The summed E-state index contributed by atoms with van der Waals surface area (Å²) in [5.74, 6) is -0.216. The Morgan fingerprint density at radius 2 is 1.30 bits per heavy atom. The highest BCUT2D eigenvalue weighted by atomic mass is 31.2. The second-order valence-electron chi connectivity index (χ2n) is 13.2. The van der Waals surface area contributed by atoms with Crippen molar-refractivity contribution in [3.63, 3.8) is 0 Å². The van der Waals surface area contributed by atoms with Crippen LogP contribution in [0, 0.1) is 0 Å². The van der Waals surface area contributed by atoms with Gasteiger partial charge in [0.05, 0.1) is 39.9 Å². The van der Waals surface area contributed by atoms with Gasteiger partial charge in [-0.25, -0.2) is 4.57 Å². The molecular weight excluding hydrogens is 575 g/mol. The molecule has 0 radical (unpaired) electrons. The van der Waals surface area contributed by atoms with E-state index in [4.69, 9.17) is 9.05 Å². The van der Waals surface area contributed by atoms with Crippen LogP contribution in [0.15, 0.2) is 24.3 Å². The molecular formula is C35H70N2O6P+. The van der Waals surface area contributed by atoms with Gasteiger partial charge in [-0.3, -0.25) is 13.8 Å². The predicted octanol–water partition coefficient (Wildman–Crippen LogP) is 8.63. The molecule has 0 saturated heterocycles. The Morgan fingerprint density at radius 1 is 0.773 bits per heavy atom. The molecule has 0 aromatic rings. The van der Waals surface area contributed by atoms with E-state index in [-0.39, 0.29) is 25.5 Å². The summed E-state index contributed by atoms with van der Waals surface area (Å²) < 4.78 is 23.4. The van der Waals surface area contributed by atoms with Crippen molar-refractivity contribution in [3.05, 3.63) is 24.3 Å². The number of carbonyl (C=O) groups excluding carboxylic acids is 1. The number of quaternary nitrogens is 1. The van der Waals surface area contributed by atoms with Gasteiger partial charge in [-0.05, 0) is 32.1 Å². The maximum atomic E-state index is 12.7. The Hall–Kier alpha value is -1.02. The largest absolute Gasteiger partial charge is 0.472 e. The van der Waals surface area contributed by atoms with E-state index in [1.165, 1.54) is 77.0 Å². The molecule has 9 heteroatoms. The molecule has 0 bridgehead atoms. The van der Waals surface area contributed by atoms with Crippen LogP contribution in [0.5, 0.6) is 0 Å². The fourth-order valence-electron chi connectivity index (χ4n) is 4.80. The number of amides is 1. The molecule has 0 fully saturated rings. The first-order valence-electron chi connectivity index (χ1n) is 17.7. The molecule has 0 heterocycles. The first-order valence-corrected chi connectivity index (χ1v) is 19.2. The average Bonchev–Trinajstić information content (AvgIpc) is 2.95. The van der Waals surface area contributed by atoms with Gasteiger partial charge < -0.3 is 19.8 Å². The van der Waals surface area contributed by atoms with Crippen LogP contribution in [0.25, 0.3) is 0 Å². The van der Waals surface area contributed by atoms with Crippen molar-refractivity contribution in [2.24, 2.45) is 0 Å². The minimum absolute atomic E-state index is 0.0653. The van der Waals surface area contributed by atoms with Gasteiger partial charge >= 0.3 is 7.82 Å². The van der Waals surface area contributed by atoms with E-state index in [9.17, 15) is 19.4 Å². The van der Waals surface area contributed by atoms with Crippen LogP contribution < -0.4 is 5.32 Å². The lowest BCUT2D eigenvalue weighted by molar-refractivity contribution is -0.870. The lowest BCUT2D eigenvalue weighted by Gasteiger charge is -2.26. The Bertz CT molecular complexity index is 784. The summed E-state index contributed by atoms with van der Waals surface area (Å²) >= 11 is 0. The number of hydrogen-bond donors (Lipinski definition) is 3. The molecule has 260 valence electrons. The highest BCUT2D eigenvalue weighted by Gasteiger charge is 2.28. The summed E-state index contributed by atoms with van der Waals surface area (Å²) in [5.41, 5.74) is 0. The molecule has 1 amide bonds. The van der Waals surface area contributed by atoms with E-state index in [0.717, 1.165) is 32.1 Å². The molecule has 0 aromatic heterocycles. The van der Waals surface area contributed by atoms with Gasteiger partial charge in [0.25, 0.3) is 0 Å². The number of aliphatic hydroxyl groups excluding tert-OH is 1. The van der Waals surface area contributed by atoms with Crippen LogP contribution in [0.3, 0.4) is 0 Å². The Balaban J connectivity index is 4.60. The molecule has 0 saturated carbocycles. The molecule has 44 heavy (non-hydrogen) atoms. The van der Waals surface area contributed by atoms with E-state index >= 15 is 0 Å². The number of phosphoric acid groups is 1. The number of nitrogens with zero attached hydrogens (tertiary/aromatic N) is 1. The minimum atomic E-state index is -4.31. The van der Waals surface area contributed by atoms with Crippen LogP contribution in [0.1, 0.15) is 142 Å². The zero-order chi connectivity index (χ0) is 32.9. The first kappa shape index (κ1) is 43.0. The standard InChI is InChI=1S/C35H69N2O6P/c1-6-8-10-12-14-16-17-18-19-21-23-25-27-29-35(39)36-33(32-43-44(40,41)42-31-30-37(3,4)5)34(38)28-26-24-22-20-15-13-11-9-7-2/h18-19,23,25,33-34,38H,6-17,20-22,24,26-32H2,1-5H3,(H-,36,39,40,41)/p+1/b19-18-,25-23-. The van der Waals surface area contributed by atoms with Crippen molar-refractivity contribution < 1.29 is 32.9 Å². The predicted molar refractivity (Wildman–Crippen MR) is 185 cm³/mol. The van der Waals surface area contributed by atoms with Gasteiger partial charge in [0.15, 0.2) is 0 Å². The summed E-state index contributed by atoms with van der Waals surface area (Å²) in [7, 11) is 1.58. The van der Waals surface area contributed by atoms with E-state index in [2.05, 4.69) is 37.4 Å². The molecule has 0 aliphatic heterocycles. The number of allylic oxidation sites excluding steroid dienone is 4. The Labute approximate surface area is 271 Å². The summed E-state index contributed by atoms with van der Waals surface area (Å²) in [6.45, 7) is 4.78. The van der Waals surface area contributed by atoms with Gasteiger partial charge in [0.2, 0.25) is 5.91 Å². The van der Waals surface area contributed by atoms with Crippen molar-refractivity contribution in [2.45, 2.75) is 154 Å². The third-order valence-corrected chi connectivity index (χ3v) is 8.70. The second-order valence-corrected chi connectivity index (χ2v) is 14.7. The zero-order valence-corrected chi connectivity index (χ0v) is 30.0. The second kappa shape index (κ2) is 28.2. The highest BCUT2D eigenvalue weighted by Crippen LogP contribution is 2.43. The van der Waals surface area contributed by atoms with Crippen LogP contribution in [-0.2, 0) is 18.4 Å². The zero-order valence-electron chi connectivity index (χ0n) is 29.1. The molecule has 0 aliphatic carbocycles. The summed E-state index contributed by atoms with van der Waals surface area (Å²) in [5, 5.41) is 13.7. The van der Waals surface area contributed by atoms with E-state index < -0.39 is 20.0 Å². The molecule has 8 nitrogen and oxygen atoms in total. The molecule has 0 rings (SSSR count). The number of phosphoric ester groups is 1. The Kier molecular flexibility index (Phi) is 27.6. The van der Waals surface area contributed by atoms with Crippen molar-refractivity contribution in [1.82, 2.24) is 5.32 Å². The lowest BCUT2D eigenvalue weighted by atomic mass is 10.0. The fourth-order valence-corrected chi connectivity index (χ4v) is 5.53. The van der Waals surface area contributed by atoms with Crippen molar-refractivity contribution in [3.8, 4) is 0 Å². The maximum Gasteiger partial charge on any atom is 0.472 e. The van der Waals surface area contributed by atoms with Crippen LogP contribution in [0.4, 0.5) is 0 Å². The molecule has 3 unspecified atom stereocenters. The first-order chi connectivity index (χ1) is 21.0. The lowest BCUT2D eigenvalue weighted by Crippen LogP contribution is -2.46. The number of aliphatic hydroxyl groups is 1. The maximum absolute atomic E-state index is 12.7. The summed E-state index contributed by atoms with van der Waals surface area (Å²) in [6.07, 6.45) is 29.3. The van der Waals surface area contributed by atoms with Crippen LogP contribution in [0.2, 0.25) is 0 Å². The number of rotatable bonds is 31. The quantitative estimate of drug-likeness (QED) is 0.0302. The number of carbonyl (C=O) groups is 1. The topological polar surface area (TPSA) is 105 Å². The van der Waals surface area contributed by atoms with Crippen molar-refractivity contribution in [2.75, 3.05) is 40.9 Å². The van der Waals surface area contributed by atoms with E-state index in [0.29, 0.717) is 23.9 Å². The third kappa shape index (κ3) is 29.7. The molecule has 0 spiro atoms. The SMILES string of the molecule is CCCCCCCC/C=C\C/C=C\CCC(=O)NC(COP(=O)(O)OCC[N+](C)(C)C)C(O)CCCCCCCCCCC. The van der Waals surface area contributed by atoms with Crippen LogP contribution in [-0.4, -0.2) is 73.4 Å². The number of nitrogens with one attached hydrogen (secondary N) is 1. The van der Waals surface area contributed by atoms with Gasteiger partial charge in [-0.1, -0.05) is 128 Å². The summed E-state index contributed by atoms with van der Waals surface area (Å²) in [4.78, 5) is 22.9. The molecule has 3 N–H and O–H groups in total. The van der Waals surface area contributed by atoms with Gasteiger partial charge in [0, 0.05) is 6.42 Å². The van der Waals surface area contributed by atoms with Crippen molar-refractivity contribution >= 4 is 13.7 Å². The number of hydrogen-bond acceptors (Lipinski definition) is 5. The normalized spacial score (nSPS) is 15.2. The molecule has 0 aromatic carbocycles. The van der Waals surface area contributed by atoms with Gasteiger partial charge in [0.1, 0.15) is 13.2 Å². The monoisotopic (exact) mass is 645 g/mol. The van der Waals surface area contributed by atoms with Gasteiger partial charge in [-0.2, -0.15) is 0 Å². The van der Waals surface area contributed by atoms with E-state index in [1.807, 2.05) is 27.2 Å². The minimum Gasteiger partial charge on any atom is -0.391 e. The van der Waals surface area contributed by atoms with Crippen LogP contribution >= 0.6 is 7.82 Å². The van der Waals surface area contributed by atoms with E-state index in [1.54, 1.807) is 0 Å². The molecule has 3 atom stereocenters.